The summed E-state index contributed by atoms with van der Waals surface area (Å²) in [5.74, 6) is -0.127. The number of rotatable bonds is 3. The first-order valence-electron chi connectivity index (χ1n) is 5.95. The second kappa shape index (κ2) is 6.35. The number of aryl methyl sites for hydroxylation is 1. The van der Waals surface area contributed by atoms with Crippen LogP contribution in [0, 0.1) is 0 Å². The molecule has 2 aromatic carbocycles. The number of hydrogen-bond acceptors (Lipinski definition) is 1. The van der Waals surface area contributed by atoms with Gasteiger partial charge in [0.2, 0.25) is 0 Å². The van der Waals surface area contributed by atoms with Crippen molar-refractivity contribution in [2.24, 2.45) is 0 Å². The summed E-state index contributed by atoms with van der Waals surface area (Å²) in [6.07, 6.45) is 0.991. The van der Waals surface area contributed by atoms with Gasteiger partial charge in [-0.05, 0) is 58.2 Å². The number of benzene rings is 2. The summed E-state index contributed by atoms with van der Waals surface area (Å²) in [5.41, 5.74) is 2.66. The average molecular weight is 383 g/mol. The van der Waals surface area contributed by atoms with Gasteiger partial charge in [0.05, 0.1) is 5.56 Å². The molecule has 0 aromatic heterocycles. The van der Waals surface area contributed by atoms with Crippen LogP contribution in [0.5, 0.6) is 0 Å². The van der Waals surface area contributed by atoms with Gasteiger partial charge in [-0.1, -0.05) is 35.0 Å². The quantitative estimate of drug-likeness (QED) is 0.792. The fourth-order valence-electron chi connectivity index (χ4n) is 1.69. The largest absolute Gasteiger partial charge is 0.322 e. The molecule has 1 N–H and O–H groups in total. The van der Waals surface area contributed by atoms with Crippen LogP contribution >= 0.6 is 31.9 Å². The van der Waals surface area contributed by atoms with Crippen LogP contribution in [-0.4, -0.2) is 5.91 Å². The molecule has 0 saturated heterocycles. The number of anilines is 1. The molecule has 2 rings (SSSR count). The van der Waals surface area contributed by atoms with Crippen LogP contribution in [0.15, 0.2) is 51.4 Å². The smallest absolute Gasteiger partial charge is 0.256 e. The summed E-state index contributed by atoms with van der Waals surface area (Å²) in [6.45, 7) is 2.10. The molecule has 0 saturated carbocycles. The molecule has 4 heteroatoms. The van der Waals surface area contributed by atoms with Crippen molar-refractivity contribution < 1.29 is 4.79 Å². The molecule has 0 bridgehead atoms. The van der Waals surface area contributed by atoms with Crippen molar-refractivity contribution in [1.82, 2.24) is 0 Å². The average Bonchev–Trinajstić information content (AvgIpc) is 2.42. The SMILES string of the molecule is CCc1ccc(NC(=O)c2cc(Br)ccc2Br)cc1. The molecule has 0 aliphatic rings. The maximum Gasteiger partial charge on any atom is 0.256 e. The Morgan fingerprint density at radius 1 is 1.11 bits per heavy atom. The summed E-state index contributed by atoms with van der Waals surface area (Å²) in [6, 6.07) is 13.4. The number of halogens is 2. The third kappa shape index (κ3) is 3.67. The van der Waals surface area contributed by atoms with E-state index >= 15 is 0 Å². The predicted octanol–water partition coefficient (Wildman–Crippen LogP) is 5.03. The fourth-order valence-corrected chi connectivity index (χ4v) is 2.48. The molecule has 98 valence electrons. The molecule has 0 fully saturated rings. The van der Waals surface area contributed by atoms with E-state index in [1.54, 1.807) is 6.07 Å². The third-order valence-electron chi connectivity index (χ3n) is 2.79. The maximum atomic E-state index is 12.2. The Hall–Kier alpha value is -1.13. The Morgan fingerprint density at radius 3 is 2.42 bits per heavy atom. The van der Waals surface area contributed by atoms with Gasteiger partial charge in [0.25, 0.3) is 5.91 Å². The van der Waals surface area contributed by atoms with Crippen LogP contribution in [0.3, 0.4) is 0 Å². The van der Waals surface area contributed by atoms with Crippen LogP contribution < -0.4 is 5.32 Å². The molecule has 2 aromatic rings. The Kier molecular flexibility index (Phi) is 4.77. The van der Waals surface area contributed by atoms with Crippen molar-refractivity contribution in [3.63, 3.8) is 0 Å². The lowest BCUT2D eigenvalue weighted by Crippen LogP contribution is -2.12. The van der Waals surface area contributed by atoms with E-state index in [4.69, 9.17) is 0 Å². The summed E-state index contributed by atoms with van der Waals surface area (Å²) in [5, 5.41) is 2.89. The molecule has 1 amide bonds. The van der Waals surface area contributed by atoms with Crippen LogP contribution in [0.25, 0.3) is 0 Å². The van der Waals surface area contributed by atoms with E-state index in [1.165, 1.54) is 5.56 Å². The van der Waals surface area contributed by atoms with Gasteiger partial charge < -0.3 is 5.32 Å². The highest BCUT2D eigenvalue weighted by molar-refractivity contribution is 9.11. The second-order valence-electron chi connectivity index (χ2n) is 4.13. The highest BCUT2D eigenvalue weighted by Crippen LogP contribution is 2.22. The third-order valence-corrected chi connectivity index (χ3v) is 3.98. The van der Waals surface area contributed by atoms with Crippen LogP contribution in [0.2, 0.25) is 0 Å². The second-order valence-corrected chi connectivity index (χ2v) is 5.90. The minimum absolute atomic E-state index is 0.127. The molecule has 0 radical (unpaired) electrons. The molecule has 0 atom stereocenters. The Bertz CT molecular complexity index is 594. The first-order chi connectivity index (χ1) is 9.10. The molecular formula is C15H13Br2NO. The van der Waals surface area contributed by atoms with Gasteiger partial charge in [0.1, 0.15) is 0 Å². The summed E-state index contributed by atoms with van der Waals surface area (Å²) >= 11 is 6.75. The molecule has 0 unspecified atom stereocenters. The first kappa shape index (κ1) is 14.3. The molecule has 19 heavy (non-hydrogen) atoms. The van der Waals surface area contributed by atoms with Gasteiger partial charge in [-0.15, -0.1) is 0 Å². The molecular weight excluding hydrogens is 370 g/mol. The molecule has 0 heterocycles. The van der Waals surface area contributed by atoms with Gasteiger partial charge in [-0.25, -0.2) is 0 Å². The number of nitrogens with one attached hydrogen (secondary N) is 1. The topological polar surface area (TPSA) is 29.1 Å². The van der Waals surface area contributed by atoms with E-state index in [-0.39, 0.29) is 5.91 Å². The Labute approximate surface area is 129 Å². The van der Waals surface area contributed by atoms with Gasteiger partial charge >= 0.3 is 0 Å². The fraction of sp³-hybridized carbons (Fsp3) is 0.133. The molecule has 2 nitrogen and oxygen atoms in total. The molecule has 0 spiro atoms. The summed E-state index contributed by atoms with van der Waals surface area (Å²) in [4.78, 5) is 12.2. The van der Waals surface area contributed by atoms with Gasteiger partial charge in [-0.2, -0.15) is 0 Å². The van der Waals surface area contributed by atoms with Gasteiger partial charge in [-0.3, -0.25) is 4.79 Å². The highest BCUT2D eigenvalue weighted by atomic mass is 79.9. The monoisotopic (exact) mass is 381 g/mol. The molecule has 0 aliphatic heterocycles. The zero-order chi connectivity index (χ0) is 13.8. The minimum Gasteiger partial charge on any atom is -0.322 e. The molecule has 0 aliphatic carbocycles. The van der Waals surface area contributed by atoms with Crippen molar-refractivity contribution in [2.45, 2.75) is 13.3 Å². The number of hydrogen-bond donors (Lipinski definition) is 1. The lowest BCUT2D eigenvalue weighted by Gasteiger charge is -2.08. The normalized spacial score (nSPS) is 10.3. The standard InChI is InChI=1S/C15H13Br2NO/c1-2-10-3-6-12(7-4-10)18-15(19)13-9-11(16)5-8-14(13)17/h3-9H,2H2,1H3,(H,18,19). The zero-order valence-corrected chi connectivity index (χ0v) is 13.6. The van der Waals surface area contributed by atoms with Crippen molar-refractivity contribution in [1.29, 1.82) is 0 Å². The number of amides is 1. The van der Waals surface area contributed by atoms with Crippen LogP contribution in [0.4, 0.5) is 5.69 Å². The number of carbonyl (C=O) groups excluding carboxylic acids is 1. The van der Waals surface area contributed by atoms with E-state index in [9.17, 15) is 4.79 Å². The van der Waals surface area contributed by atoms with Crippen molar-refractivity contribution in [3.8, 4) is 0 Å². The predicted molar refractivity (Wildman–Crippen MR) is 85.6 cm³/mol. The van der Waals surface area contributed by atoms with E-state index in [0.717, 1.165) is 21.1 Å². The van der Waals surface area contributed by atoms with Crippen LogP contribution in [-0.2, 0) is 6.42 Å². The van der Waals surface area contributed by atoms with Gasteiger partial charge in [0.15, 0.2) is 0 Å². The van der Waals surface area contributed by atoms with Crippen molar-refractivity contribution in [2.75, 3.05) is 5.32 Å². The van der Waals surface area contributed by atoms with Crippen molar-refractivity contribution in [3.05, 3.63) is 62.5 Å². The lowest BCUT2D eigenvalue weighted by molar-refractivity contribution is 0.102. The summed E-state index contributed by atoms with van der Waals surface area (Å²) < 4.78 is 1.65. The maximum absolute atomic E-state index is 12.2. The highest BCUT2D eigenvalue weighted by Gasteiger charge is 2.10. The van der Waals surface area contributed by atoms with Gasteiger partial charge in [0, 0.05) is 14.6 Å². The Morgan fingerprint density at radius 2 is 1.79 bits per heavy atom. The number of carbonyl (C=O) groups is 1. The lowest BCUT2D eigenvalue weighted by atomic mass is 10.1. The van der Waals surface area contributed by atoms with E-state index in [2.05, 4.69) is 44.1 Å². The van der Waals surface area contributed by atoms with Crippen molar-refractivity contribution >= 4 is 43.5 Å². The van der Waals surface area contributed by atoms with E-state index in [0.29, 0.717) is 5.56 Å². The van der Waals surface area contributed by atoms with E-state index < -0.39 is 0 Å². The van der Waals surface area contributed by atoms with Crippen LogP contribution in [0.1, 0.15) is 22.8 Å². The zero-order valence-electron chi connectivity index (χ0n) is 10.4. The first-order valence-corrected chi connectivity index (χ1v) is 7.54. The summed E-state index contributed by atoms with van der Waals surface area (Å²) in [7, 11) is 0. The van der Waals surface area contributed by atoms with E-state index in [1.807, 2.05) is 36.4 Å². The Balaban J connectivity index is 2.18. The minimum atomic E-state index is -0.127.